The van der Waals surface area contributed by atoms with E-state index in [2.05, 4.69) is 9.98 Å². The minimum absolute atomic E-state index is 0.349. The topological polar surface area (TPSA) is 111 Å². The fourth-order valence-corrected chi connectivity index (χ4v) is 2.50. The third kappa shape index (κ3) is 9.06. The highest BCUT2D eigenvalue weighted by atomic mass is 33.1. The summed E-state index contributed by atoms with van der Waals surface area (Å²) >= 11 is 0. The number of amides is 2. The lowest BCUT2D eigenvalue weighted by Gasteiger charge is -1.98. The summed E-state index contributed by atoms with van der Waals surface area (Å²) in [4.78, 5) is 29.3. The largest absolute Gasteiger partial charge is 0.365 e. The number of carbonyl (C=O) groups is 2. The van der Waals surface area contributed by atoms with Crippen molar-refractivity contribution in [2.24, 2.45) is 21.5 Å². The van der Waals surface area contributed by atoms with Gasteiger partial charge in [-0.2, -0.15) is 0 Å². The first-order chi connectivity index (χ1) is 8.45. The van der Waals surface area contributed by atoms with E-state index in [1.54, 1.807) is 35.4 Å². The lowest BCUT2D eigenvalue weighted by molar-refractivity contribution is -0.112. The molecular weight excluding hydrogens is 272 g/mol. The van der Waals surface area contributed by atoms with E-state index in [0.717, 1.165) is 11.5 Å². The molecule has 0 unspecified atom stereocenters. The average molecular weight is 290 g/mol. The lowest BCUT2D eigenvalue weighted by Crippen LogP contribution is -2.20. The van der Waals surface area contributed by atoms with Gasteiger partial charge in [0.1, 0.15) is 0 Å². The summed E-state index contributed by atoms with van der Waals surface area (Å²) in [5.74, 6) is 0.634. The maximum absolute atomic E-state index is 10.7. The first-order valence-corrected chi connectivity index (χ1v) is 7.80. The van der Waals surface area contributed by atoms with Gasteiger partial charge in [-0.15, -0.1) is 0 Å². The van der Waals surface area contributed by atoms with E-state index in [4.69, 9.17) is 11.5 Å². The van der Waals surface area contributed by atoms with Crippen LogP contribution in [0.4, 0.5) is 0 Å². The van der Waals surface area contributed by atoms with E-state index in [0.29, 0.717) is 24.5 Å². The number of hydrogen-bond donors (Lipinski definition) is 2. The summed E-state index contributed by atoms with van der Waals surface area (Å²) in [6, 6.07) is 0. The third-order valence-electron chi connectivity index (χ3n) is 1.84. The molecule has 0 aromatic carbocycles. The Morgan fingerprint density at radius 3 is 1.50 bits per heavy atom. The van der Waals surface area contributed by atoms with Crippen molar-refractivity contribution in [3.8, 4) is 0 Å². The molecule has 0 saturated carbocycles. The SMILES string of the molecule is CC(=NCCSSCCN=C(C)C(N)=O)C(N)=O. The molecular formula is C10H18N4O2S2. The number of nitrogens with zero attached hydrogens (tertiary/aromatic N) is 2. The minimum Gasteiger partial charge on any atom is -0.365 e. The van der Waals surface area contributed by atoms with Gasteiger partial charge < -0.3 is 11.5 Å². The molecule has 8 heteroatoms. The Balaban J connectivity index is 3.53. The number of hydrogen-bond acceptors (Lipinski definition) is 6. The third-order valence-corrected chi connectivity index (χ3v) is 4.21. The number of aliphatic imine (C=N–C) groups is 2. The van der Waals surface area contributed by atoms with Gasteiger partial charge in [0.25, 0.3) is 11.8 Å². The van der Waals surface area contributed by atoms with Crippen LogP contribution >= 0.6 is 21.6 Å². The van der Waals surface area contributed by atoms with Gasteiger partial charge in [-0.3, -0.25) is 19.6 Å². The van der Waals surface area contributed by atoms with Crippen molar-refractivity contribution in [3.05, 3.63) is 0 Å². The van der Waals surface area contributed by atoms with Gasteiger partial charge >= 0.3 is 0 Å². The molecule has 0 atom stereocenters. The zero-order valence-electron chi connectivity index (χ0n) is 10.5. The van der Waals surface area contributed by atoms with Crippen molar-refractivity contribution < 1.29 is 9.59 Å². The van der Waals surface area contributed by atoms with Crippen LogP contribution in [0.2, 0.25) is 0 Å². The van der Waals surface area contributed by atoms with E-state index >= 15 is 0 Å². The Labute approximate surface area is 114 Å². The summed E-state index contributed by atoms with van der Waals surface area (Å²) < 4.78 is 0. The van der Waals surface area contributed by atoms with Crippen molar-refractivity contribution in [2.45, 2.75) is 13.8 Å². The van der Waals surface area contributed by atoms with Gasteiger partial charge in [-0.25, -0.2) is 0 Å². The highest BCUT2D eigenvalue weighted by molar-refractivity contribution is 8.76. The van der Waals surface area contributed by atoms with Crippen LogP contribution in [0.3, 0.4) is 0 Å². The van der Waals surface area contributed by atoms with Gasteiger partial charge in [-0.05, 0) is 13.8 Å². The lowest BCUT2D eigenvalue weighted by atomic mass is 10.4. The second kappa shape index (κ2) is 9.95. The zero-order chi connectivity index (χ0) is 14.0. The van der Waals surface area contributed by atoms with Crippen LogP contribution in [0.1, 0.15) is 13.8 Å². The predicted molar refractivity (Wildman–Crippen MR) is 79.3 cm³/mol. The Morgan fingerprint density at radius 1 is 0.889 bits per heavy atom. The molecule has 0 aliphatic rings. The van der Waals surface area contributed by atoms with Crippen LogP contribution in [-0.4, -0.2) is 47.8 Å². The fraction of sp³-hybridized carbons (Fsp3) is 0.600. The molecule has 0 aromatic rings. The van der Waals surface area contributed by atoms with Crippen molar-refractivity contribution >= 4 is 44.8 Å². The van der Waals surface area contributed by atoms with Crippen LogP contribution in [0.25, 0.3) is 0 Å². The van der Waals surface area contributed by atoms with E-state index < -0.39 is 11.8 Å². The number of primary amides is 2. The van der Waals surface area contributed by atoms with Crippen molar-refractivity contribution in [1.29, 1.82) is 0 Å². The Morgan fingerprint density at radius 2 is 1.22 bits per heavy atom. The van der Waals surface area contributed by atoms with Gasteiger partial charge in [0.05, 0.1) is 11.4 Å². The Hall–Kier alpha value is -1.02. The molecule has 0 rings (SSSR count). The zero-order valence-corrected chi connectivity index (χ0v) is 12.1. The first kappa shape index (κ1) is 17.0. The fourth-order valence-electron chi connectivity index (χ4n) is 0.775. The highest BCUT2D eigenvalue weighted by Gasteiger charge is 1.98. The standard InChI is InChI=1S/C10H18N4O2S2/c1-7(9(11)15)13-3-5-17-18-6-4-14-8(2)10(12)16/h3-6H2,1-2H3,(H2,11,15)(H2,12,16). The maximum Gasteiger partial charge on any atom is 0.262 e. The summed E-state index contributed by atoms with van der Waals surface area (Å²) in [6.07, 6.45) is 0. The number of nitrogens with two attached hydrogens (primary N) is 2. The second-order valence-electron chi connectivity index (χ2n) is 3.31. The minimum atomic E-state index is -0.482. The van der Waals surface area contributed by atoms with Crippen LogP contribution in [0.15, 0.2) is 9.98 Å². The van der Waals surface area contributed by atoms with Crippen LogP contribution < -0.4 is 11.5 Å². The predicted octanol–water partition coefficient (Wildman–Crippen LogP) is 0.260. The highest BCUT2D eigenvalue weighted by Crippen LogP contribution is 2.20. The van der Waals surface area contributed by atoms with Crippen LogP contribution in [-0.2, 0) is 9.59 Å². The monoisotopic (exact) mass is 290 g/mol. The molecule has 0 aromatic heterocycles. The molecule has 0 fully saturated rings. The van der Waals surface area contributed by atoms with Crippen LogP contribution in [0, 0.1) is 0 Å². The van der Waals surface area contributed by atoms with Gasteiger partial charge in [0.2, 0.25) is 0 Å². The maximum atomic E-state index is 10.7. The Kier molecular flexibility index (Phi) is 9.39. The molecule has 0 aliphatic carbocycles. The molecule has 0 saturated heterocycles. The first-order valence-electron chi connectivity index (χ1n) is 5.31. The molecule has 0 heterocycles. The molecule has 6 nitrogen and oxygen atoms in total. The molecule has 2 amide bonds. The van der Waals surface area contributed by atoms with Crippen molar-refractivity contribution in [2.75, 3.05) is 24.6 Å². The van der Waals surface area contributed by atoms with E-state index in [1.807, 2.05) is 0 Å². The summed E-state index contributed by atoms with van der Waals surface area (Å²) in [7, 11) is 3.28. The van der Waals surface area contributed by atoms with E-state index in [9.17, 15) is 9.59 Å². The van der Waals surface area contributed by atoms with E-state index in [-0.39, 0.29) is 0 Å². The molecule has 18 heavy (non-hydrogen) atoms. The molecule has 0 spiro atoms. The number of carbonyl (C=O) groups excluding carboxylic acids is 2. The van der Waals surface area contributed by atoms with Gasteiger partial charge in [0.15, 0.2) is 0 Å². The van der Waals surface area contributed by atoms with Crippen LogP contribution in [0.5, 0.6) is 0 Å². The smallest absolute Gasteiger partial charge is 0.262 e. The Bertz CT molecular complexity index is 322. The van der Waals surface area contributed by atoms with E-state index in [1.165, 1.54) is 0 Å². The van der Waals surface area contributed by atoms with Gasteiger partial charge in [0, 0.05) is 24.6 Å². The van der Waals surface area contributed by atoms with Crippen molar-refractivity contribution in [1.82, 2.24) is 0 Å². The molecule has 0 aliphatic heterocycles. The molecule has 102 valence electrons. The van der Waals surface area contributed by atoms with Crippen molar-refractivity contribution in [3.63, 3.8) is 0 Å². The molecule has 0 radical (unpaired) electrons. The summed E-state index contributed by atoms with van der Waals surface area (Å²) in [6.45, 7) is 4.33. The quantitative estimate of drug-likeness (QED) is 0.360. The summed E-state index contributed by atoms with van der Waals surface area (Å²) in [5, 5.41) is 0. The summed E-state index contributed by atoms with van der Waals surface area (Å²) in [5.41, 5.74) is 10.8. The normalized spacial score (nSPS) is 12.6. The number of rotatable bonds is 9. The second-order valence-corrected chi connectivity index (χ2v) is 6.01. The van der Waals surface area contributed by atoms with Gasteiger partial charge in [-0.1, -0.05) is 21.6 Å². The molecule has 4 N–H and O–H groups in total. The average Bonchev–Trinajstić information content (AvgIpc) is 2.31. The molecule has 0 bridgehead atoms.